The molecule has 8 saturated carbocycles. The van der Waals surface area contributed by atoms with Crippen LogP contribution in [0.5, 0.6) is 0 Å². The molecular formula is C51H86O8. The molecule has 6 unspecified atom stereocenters. The van der Waals surface area contributed by atoms with E-state index in [0.717, 1.165) is 70.6 Å². The van der Waals surface area contributed by atoms with Crippen molar-refractivity contribution in [2.75, 3.05) is 7.11 Å². The molecular weight excluding hydrogens is 741 g/mol. The molecule has 0 saturated heterocycles. The minimum atomic E-state index is -0.682. The van der Waals surface area contributed by atoms with Crippen molar-refractivity contribution < 1.29 is 39.9 Å². The van der Waals surface area contributed by atoms with Gasteiger partial charge in [0.25, 0.3) is 0 Å². The van der Waals surface area contributed by atoms with Gasteiger partial charge in [0.2, 0.25) is 0 Å². The smallest absolute Gasteiger partial charge is 0.305 e. The zero-order chi connectivity index (χ0) is 43.0. The molecule has 0 spiro atoms. The minimum Gasteiger partial charge on any atom is -0.481 e. The Morgan fingerprint density at radius 2 is 0.932 bits per heavy atom. The first-order chi connectivity index (χ1) is 27.8. The maximum Gasteiger partial charge on any atom is 0.305 e. The second-order valence-corrected chi connectivity index (χ2v) is 23.6. The molecule has 8 nitrogen and oxygen atoms in total. The van der Waals surface area contributed by atoms with Crippen LogP contribution in [-0.4, -0.2) is 69.0 Å². The van der Waals surface area contributed by atoms with Crippen molar-refractivity contribution in [2.24, 2.45) is 105 Å². The monoisotopic (exact) mass is 827 g/mol. The summed E-state index contributed by atoms with van der Waals surface area (Å²) in [6.07, 6.45) is 16.9. The fourth-order valence-corrected chi connectivity index (χ4v) is 18.8. The number of aliphatic carboxylic acids is 1. The number of carbonyl (C=O) groups excluding carboxylic acids is 1. The van der Waals surface area contributed by atoms with Crippen LogP contribution in [-0.2, 0) is 14.3 Å². The van der Waals surface area contributed by atoms with Crippen LogP contribution < -0.4 is 0 Å². The molecule has 0 heterocycles. The molecule has 0 aromatic carbocycles. The summed E-state index contributed by atoms with van der Waals surface area (Å²) in [5, 5.41) is 53.5. The third-order valence-corrected chi connectivity index (χ3v) is 21.5. The summed E-state index contributed by atoms with van der Waals surface area (Å²) in [6.45, 7) is 18.6. The van der Waals surface area contributed by atoms with Crippen molar-refractivity contribution in [3.63, 3.8) is 0 Å². The van der Waals surface area contributed by atoms with Crippen LogP contribution in [0.15, 0.2) is 0 Å². The molecule has 8 rings (SSSR count). The van der Waals surface area contributed by atoms with Gasteiger partial charge in [-0.05, 0) is 194 Å². The molecule has 0 aromatic rings. The van der Waals surface area contributed by atoms with E-state index < -0.39 is 5.97 Å². The highest BCUT2D eigenvalue weighted by molar-refractivity contribution is 5.69. The van der Waals surface area contributed by atoms with Crippen LogP contribution in [0.3, 0.4) is 0 Å². The number of methoxy groups -OCH3 is 1. The zero-order valence-electron chi connectivity index (χ0n) is 38.6. The van der Waals surface area contributed by atoms with E-state index in [1.807, 2.05) is 0 Å². The Morgan fingerprint density at radius 3 is 1.31 bits per heavy atom. The summed E-state index contributed by atoms with van der Waals surface area (Å²) in [7, 11) is 1.49. The van der Waals surface area contributed by atoms with Gasteiger partial charge < -0.3 is 30.3 Å². The lowest BCUT2D eigenvalue weighted by molar-refractivity contribution is -0.203. The number of fused-ring (bicyclic) bond motifs is 10. The summed E-state index contributed by atoms with van der Waals surface area (Å²) in [5.74, 6) is 5.12. The van der Waals surface area contributed by atoms with E-state index in [4.69, 9.17) is 4.74 Å². The van der Waals surface area contributed by atoms with E-state index in [1.165, 1.54) is 39.2 Å². The van der Waals surface area contributed by atoms with Crippen LogP contribution in [0, 0.1) is 105 Å². The maximum atomic E-state index is 11.9. The first kappa shape index (κ1) is 45.8. The highest BCUT2D eigenvalue weighted by atomic mass is 16.5. The number of aliphatic hydroxyl groups is 4. The van der Waals surface area contributed by atoms with Crippen molar-refractivity contribution in [3.8, 4) is 0 Å². The molecule has 22 atom stereocenters. The Morgan fingerprint density at radius 1 is 0.559 bits per heavy atom. The topological polar surface area (TPSA) is 145 Å². The SMILES string of the molecule is CC[C@H]1[C@@H](O)C2C3CC[C@H]([C@H](C)CC(=O)O)[C@@]3(C)CCC2[C@@]2(C)CC[C@@H](O)C[C@@H]12.CC[C@H]1[C@@H](O)C2C3CC[C@H]([C@H](C)CC(=O)OC)[C@@]3(C)CCC2[C@@]2(C)CC[C@@H](O)C[C@@H]12. The van der Waals surface area contributed by atoms with E-state index in [2.05, 4.69) is 55.4 Å². The number of carbonyl (C=O) groups is 2. The van der Waals surface area contributed by atoms with Gasteiger partial charge in [-0.2, -0.15) is 0 Å². The van der Waals surface area contributed by atoms with Gasteiger partial charge in [0.15, 0.2) is 0 Å². The van der Waals surface area contributed by atoms with Crippen molar-refractivity contribution in [1.82, 2.24) is 0 Å². The van der Waals surface area contributed by atoms with Gasteiger partial charge in [0.05, 0.1) is 31.5 Å². The van der Waals surface area contributed by atoms with Crippen molar-refractivity contribution >= 4 is 11.9 Å². The fraction of sp³-hybridized carbons (Fsp3) is 0.961. The van der Waals surface area contributed by atoms with Crippen LogP contribution in [0.4, 0.5) is 0 Å². The molecule has 59 heavy (non-hydrogen) atoms. The van der Waals surface area contributed by atoms with Crippen LogP contribution in [0.25, 0.3) is 0 Å². The summed E-state index contributed by atoms with van der Waals surface area (Å²) in [4.78, 5) is 23.3. The van der Waals surface area contributed by atoms with Crippen LogP contribution >= 0.6 is 0 Å². The van der Waals surface area contributed by atoms with Crippen LogP contribution in [0.2, 0.25) is 0 Å². The second kappa shape index (κ2) is 17.1. The molecule has 0 aliphatic heterocycles. The normalized spacial score (nSPS) is 52.2. The Labute approximate surface area is 357 Å². The first-order valence-corrected chi connectivity index (χ1v) is 24.8. The maximum absolute atomic E-state index is 11.9. The van der Waals surface area contributed by atoms with Gasteiger partial charge in [-0.15, -0.1) is 0 Å². The quantitative estimate of drug-likeness (QED) is 0.152. The number of rotatable bonds is 8. The van der Waals surface area contributed by atoms with Gasteiger partial charge in [0, 0.05) is 12.8 Å². The van der Waals surface area contributed by atoms with Crippen molar-refractivity contribution in [1.29, 1.82) is 0 Å². The van der Waals surface area contributed by atoms with Crippen LogP contribution in [0.1, 0.15) is 171 Å². The van der Waals surface area contributed by atoms with Gasteiger partial charge >= 0.3 is 11.9 Å². The first-order valence-electron chi connectivity index (χ1n) is 24.8. The minimum absolute atomic E-state index is 0.0944. The predicted octanol–water partition coefficient (Wildman–Crippen LogP) is 9.54. The molecule has 8 aliphatic rings. The Hall–Kier alpha value is -1.22. The van der Waals surface area contributed by atoms with Gasteiger partial charge in [0.1, 0.15) is 0 Å². The second-order valence-electron chi connectivity index (χ2n) is 23.6. The standard InChI is InChI=1S/C26H44O4.C25H42O4/c1-6-17-21-14-16(27)9-11-26(21,4)20-10-12-25(3)18(15(2)13-22(28)30-5)7-8-19(25)23(20)24(17)29;1-5-16-20-13-15(26)8-10-25(20,4)19-9-11-24(3)17(14(2)12-21(27)28)6-7-18(24)22(19)23(16)29/h15-21,23-24,27,29H,6-14H2,1-5H3;14-20,22-23,26,29H,5-13H2,1-4H3,(H,27,28)/t15-,16-,17-,18-,19?,20?,21+,23?,24-,25-,26-;14-,15-,16-,17-,18?,19?,20+,22?,23-,24-,25-/m11/s1. The van der Waals surface area contributed by atoms with E-state index in [1.54, 1.807) is 0 Å². The Balaban J connectivity index is 0.000000179. The molecule has 0 aromatic heterocycles. The lowest BCUT2D eigenvalue weighted by Crippen LogP contribution is -2.62. The number of esters is 1. The lowest BCUT2D eigenvalue weighted by atomic mass is 9.41. The highest BCUT2D eigenvalue weighted by Gasteiger charge is 2.67. The van der Waals surface area contributed by atoms with E-state index in [0.29, 0.717) is 77.4 Å². The lowest BCUT2D eigenvalue weighted by Gasteiger charge is -2.64. The number of carboxylic acid groups (broad SMARTS) is 1. The number of ether oxygens (including phenoxy) is 1. The average molecular weight is 827 g/mol. The number of hydrogen-bond donors (Lipinski definition) is 5. The zero-order valence-corrected chi connectivity index (χ0v) is 38.6. The Bertz CT molecular complexity index is 1500. The average Bonchev–Trinajstić information content (AvgIpc) is 3.73. The molecule has 338 valence electrons. The van der Waals surface area contributed by atoms with Gasteiger partial charge in [-0.1, -0.05) is 68.2 Å². The molecule has 8 fully saturated rings. The fourth-order valence-electron chi connectivity index (χ4n) is 18.8. The molecule has 8 aliphatic carbocycles. The number of aliphatic hydroxyl groups excluding tert-OH is 4. The number of carboxylic acids is 1. The predicted molar refractivity (Wildman–Crippen MR) is 231 cm³/mol. The molecule has 8 heteroatoms. The van der Waals surface area contributed by atoms with E-state index in [-0.39, 0.29) is 70.3 Å². The van der Waals surface area contributed by atoms with E-state index in [9.17, 15) is 35.1 Å². The molecule has 0 bridgehead atoms. The van der Waals surface area contributed by atoms with Crippen molar-refractivity contribution in [3.05, 3.63) is 0 Å². The highest BCUT2D eigenvalue weighted by Crippen LogP contribution is 2.71. The van der Waals surface area contributed by atoms with Crippen molar-refractivity contribution in [2.45, 2.75) is 195 Å². The molecule has 0 amide bonds. The van der Waals surface area contributed by atoms with Gasteiger partial charge in [-0.3, -0.25) is 9.59 Å². The third kappa shape index (κ3) is 7.49. The summed E-state index contributed by atoms with van der Waals surface area (Å²) in [5.41, 5.74) is 0.856. The largest absolute Gasteiger partial charge is 0.481 e. The molecule has 5 N–H and O–H groups in total. The molecule has 0 radical (unpaired) electrons. The summed E-state index contributed by atoms with van der Waals surface area (Å²) < 4.78 is 4.96. The summed E-state index contributed by atoms with van der Waals surface area (Å²) >= 11 is 0. The summed E-state index contributed by atoms with van der Waals surface area (Å²) in [6, 6.07) is 0. The number of hydrogen-bond acceptors (Lipinski definition) is 7. The van der Waals surface area contributed by atoms with E-state index >= 15 is 0 Å². The third-order valence-electron chi connectivity index (χ3n) is 21.5. The Kier molecular flexibility index (Phi) is 13.2. The van der Waals surface area contributed by atoms with Gasteiger partial charge in [-0.25, -0.2) is 0 Å².